The van der Waals surface area contributed by atoms with E-state index >= 15 is 0 Å². The van der Waals surface area contributed by atoms with Gasteiger partial charge in [-0.2, -0.15) is 20.1 Å². The number of nitrogens with one attached hydrogen (secondary N) is 3. The van der Waals surface area contributed by atoms with Gasteiger partial charge in [0.2, 0.25) is 11.9 Å². The number of methoxy groups -OCH3 is 1. The van der Waals surface area contributed by atoms with Crippen molar-refractivity contribution >= 4 is 28.5 Å². The number of aromatic amines is 1. The first-order valence-electron chi connectivity index (χ1n) is 6.63. The molecule has 3 aromatic rings. The topological polar surface area (TPSA) is 121 Å². The fraction of sp³-hybridized carbons (Fsp3) is 0.231. The average molecular weight is 301 g/mol. The van der Waals surface area contributed by atoms with Crippen molar-refractivity contribution in [3.8, 4) is 6.01 Å². The fourth-order valence-corrected chi connectivity index (χ4v) is 1.90. The number of aliphatic hydroxyl groups excluding tert-OH is 1. The standard InChI is InChI=1S/C13H15N7O2/c1-22-13-18-11(14-4-5-21)17-12(19-13)16-9-2-3-10-8(6-9)7-15-20-10/h2-3,6-7,21H,4-5H2,1H3,(H,15,20)(H2,14,16,17,18,19). The molecule has 2 aromatic heterocycles. The minimum atomic E-state index is -0.0199. The summed E-state index contributed by atoms with van der Waals surface area (Å²) in [6.45, 7) is 0.321. The minimum absolute atomic E-state index is 0.0199. The molecule has 0 radical (unpaired) electrons. The average Bonchev–Trinajstić information content (AvgIpc) is 3.00. The zero-order chi connectivity index (χ0) is 15.4. The summed E-state index contributed by atoms with van der Waals surface area (Å²) in [5.74, 6) is 0.669. The molecule has 9 heteroatoms. The second kappa shape index (κ2) is 6.22. The maximum Gasteiger partial charge on any atom is 0.322 e. The Balaban J connectivity index is 1.86. The molecule has 0 unspecified atom stereocenters. The van der Waals surface area contributed by atoms with E-state index in [9.17, 15) is 0 Å². The van der Waals surface area contributed by atoms with Gasteiger partial charge in [-0.25, -0.2) is 0 Å². The van der Waals surface area contributed by atoms with E-state index in [4.69, 9.17) is 9.84 Å². The lowest BCUT2D eigenvalue weighted by Gasteiger charge is -2.09. The van der Waals surface area contributed by atoms with Crippen LogP contribution in [0.1, 0.15) is 0 Å². The number of aliphatic hydroxyl groups is 1. The molecule has 0 bridgehead atoms. The lowest BCUT2D eigenvalue weighted by atomic mass is 10.2. The maximum atomic E-state index is 8.85. The zero-order valence-electron chi connectivity index (χ0n) is 11.9. The van der Waals surface area contributed by atoms with Crippen molar-refractivity contribution in [2.24, 2.45) is 0 Å². The minimum Gasteiger partial charge on any atom is -0.467 e. The monoisotopic (exact) mass is 301 g/mol. The molecule has 0 atom stereocenters. The lowest BCUT2D eigenvalue weighted by molar-refractivity contribution is 0.310. The molecule has 0 amide bonds. The van der Waals surface area contributed by atoms with Crippen LogP contribution in [0.25, 0.3) is 10.9 Å². The third-order valence-electron chi connectivity index (χ3n) is 2.89. The molecule has 2 heterocycles. The van der Waals surface area contributed by atoms with Crippen molar-refractivity contribution in [3.05, 3.63) is 24.4 Å². The predicted molar refractivity (Wildman–Crippen MR) is 81.3 cm³/mol. The molecule has 4 N–H and O–H groups in total. The van der Waals surface area contributed by atoms with Crippen LogP contribution in [0.2, 0.25) is 0 Å². The van der Waals surface area contributed by atoms with Crippen LogP contribution in [-0.2, 0) is 0 Å². The quantitative estimate of drug-likeness (QED) is 0.530. The summed E-state index contributed by atoms with van der Waals surface area (Å²) in [5, 5.41) is 22.7. The SMILES string of the molecule is COc1nc(NCCO)nc(Nc2ccc3[nH]ncc3c2)n1. The van der Waals surface area contributed by atoms with Gasteiger partial charge in [0, 0.05) is 17.6 Å². The zero-order valence-corrected chi connectivity index (χ0v) is 11.9. The first-order valence-corrected chi connectivity index (χ1v) is 6.63. The largest absolute Gasteiger partial charge is 0.467 e. The molecule has 0 aliphatic carbocycles. The normalized spacial score (nSPS) is 10.6. The van der Waals surface area contributed by atoms with Crippen LogP contribution in [0.4, 0.5) is 17.6 Å². The Morgan fingerprint density at radius 2 is 2.09 bits per heavy atom. The number of hydrogen-bond acceptors (Lipinski definition) is 8. The van der Waals surface area contributed by atoms with Crippen LogP contribution in [0.3, 0.4) is 0 Å². The van der Waals surface area contributed by atoms with Gasteiger partial charge in [0.1, 0.15) is 0 Å². The van der Waals surface area contributed by atoms with Gasteiger partial charge in [0.15, 0.2) is 0 Å². The third-order valence-corrected chi connectivity index (χ3v) is 2.89. The highest BCUT2D eigenvalue weighted by molar-refractivity contribution is 5.82. The Morgan fingerprint density at radius 3 is 2.91 bits per heavy atom. The molecular weight excluding hydrogens is 286 g/mol. The van der Waals surface area contributed by atoms with Crippen molar-refractivity contribution in [2.75, 3.05) is 30.9 Å². The van der Waals surface area contributed by atoms with E-state index in [2.05, 4.69) is 35.8 Å². The van der Waals surface area contributed by atoms with Gasteiger partial charge in [-0.05, 0) is 18.2 Å². The van der Waals surface area contributed by atoms with Crippen molar-refractivity contribution in [1.29, 1.82) is 0 Å². The Kier molecular flexibility index (Phi) is 3.97. The van der Waals surface area contributed by atoms with Crippen molar-refractivity contribution < 1.29 is 9.84 Å². The van der Waals surface area contributed by atoms with Crippen LogP contribution >= 0.6 is 0 Å². The molecule has 0 aliphatic heterocycles. The summed E-state index contributed by atoms with van der Waals surface area (Å²) in [4.78, 5) is 12.4. The summed E-state index contributed by atoms with van der Waals surface area (Å²) < 4.78 is 5.05. The molecular formula is C13H15N7O2. The smallest absolute Gasteiger partial charge is 0.322 e. The van der Waals surface area contributed by atoms with Crippen molar-refractivity contribution in [2.45, 2.75) is 0 Å². The summed E-state index contributed by atoms with van der Waals surface area (Å²) in [6.07, 6.45) is 1.74. The van der Waals surface area contributed by atoms with Crippen LogP contribution in [0.5, 0.6) is 6.01 Å². The maximum absolute atomic E-state index is 8.85. The van der Waals surface area contributed by atoms with Gasteiger partial charge in [-0.15, -0.1) is 0 Å². The number of hydrogen-bond donors (Lipinski definition) is 4. The summed E-state index contributed by atoms with van der Waals surface area (Å²) >= 11 is 0. The number of ether oxygens (including phenoxy) is 1. The molecule has 0 aliphatic rings. The van der Waals surface area contributed by atoms with Crippen molar-refractivity contribution in [1.82, 2.24) is 25.1 Å². The number of benzene rings is 1. The molecule has 3 rings (SSSR count). The number of nitrogens with zero attached hydrogens (tertiary/aromatic N) is 4. The van der Waals surface area contributed by atoms with Gasteiger partial charge in [0.05, 0.1) is 25.4 Å². The van der Waals surface area contributed by atoms with E-state index in [0.717, 1.165) is 16.6 Å². The van der Waals surface area contributed by atoms with Crippen LogP contribution < -0.4 is 15.4 Å². The number of H-pyrrole nitrogens is 1. The highest BCUT2D eigenvalue weighted by Crippen LogP contribution is 2.20. The number of aromatic nitrogens is 5. The lowest BCUT2D eigenvalue weighted by Crippen LogP contribution is -2.11. The van der Waals surface area contributed by atoms with E-state index in [0.29, 0.717) is 18.4 Å². The first kappa shape index (κ1) is 14.0. The number of rotatable bonds is 6. The Morgan fingerprint density at radius 1 is 1.23 bits per heavy atom. The van der Waals surface area contributed by atoms with E-state index in [1.165, 1.54) is 7.11 Å². The Labute approximate surface area is 125 Å². The summed E-state index contributed by atoms with van der Waals surface area (Å²) in [7, 11) is 1.48. The molecule has 0 spiro atoms. The fourth-order valence-electron chi connectivity index (χ4n) is 1.90. The van der Waals surface area contributed by atoms with Crippen molar-refractivity contribution in [3.63, 3.8) is 0 Å². The molecule has 0 saturated heterocycles. The molecule has 1 aromatic carbocycles. The third kappa shape index (κ3) is 3.04. The Bertz CT molecular complexity index is 774. The molecule has 22 heavy (non-hydrogen) atoms. The highest BCUT2D eigenvalue weighted by Gasteiger charge is 2.07. The molecule has 114 valence electrons. The van der Waals surface area contributed by atoms with E-state index in [1.54, 1.807) is 6.20 Å². The van der Waals surface area contributed by atoms with Crippen LogP contribution in [0, 0.1) is 0 Å². The van der Waals surface area contributed by atoms with Gasteiger partial charge in [-0.3, -0.25) is 5.10 Å². The second-order valence-electron chi connectivity index (χ2n) is 4.42. The van der Waals surface area contributed by atoms with Gasteiger partial charge < -0.3 is 20.5 Å². The molecule has 9 nitrogen and oxygen atoms in total. The number of anilines is 3. The number of fused-ring (bicyclic) bond motifs is 1. The van der Waals surface area contributed by atoms with Crippen LogP contribution in [-0.4, -0.2) is 50.5 Å². The molecule has 0 saturated carbocycles. The summed E-state index contributed by atoms with van der Waals surface area (Å²) in [5.41, 5.74) is 1.76. The molecule has 0 fully saturated rings. The van der Waals surface area contributed by atoms with Gasteiger partial charge >= 0.3 is 6.01 Å². The summed E-state index contributed by atoms with van der Waals surface area (Å²) in [6, 6.07) is 5.91. The Hall–Kier alpha value is -2.94. The first-order chi connectivity index (χ1) is 10.8. The van der Waals surface area contributed by atoms with E-state index in [1.807, 2.05) is 18.2 Å². The highest BCUT2D eigenvalue weighted by atomic mass is 16.5. The predicted octanol–water partition coefficient (Wildman–Crippen LogP) is 0.904. The van der Waals surface area contributed by atoms with Gasteiger partial charge in [0.25, 0.3) is 0 Å². The van der Waals surface area contributed by atoms with E-state index < -0.39 is 0 Å². The second-order valence-corrected chi connectivity index (χ2v) is 4.42. The van der Waals surface area contributed by atoms with E-state index in [-0.39, 0.29) is 12.6 Å². The van der Waals surface area contributed by atoms with Crippen LogP contribution in [0.15, 0.2) is 24.4 Å². The van der Waals surface area contributed by atoms with Gasteiger partial charge in [-0.1, -0.05) is 0 Å².